The van der Waals surface area contributed by atoms with Crippen molar-refractivity contribution in [2.24, 2.45) is 5.73 Å². The monoisotopic (exact) mass is 211 g/mol. The van der Waals surface area contributed by atoms with Gasteiger partial charge in [-0.3, -0.25) is 4.79 Å². The summed E-state index contributed by atoms with van der Waals surface area (Å²) >= 11 is 1.49. The zero-order chi connectivity index (χ0) is 10.1. The number of hydrogen-bond acceptors (Lipinski definition) is 4. The zero-order valence-electron chi connectivity index (χ0n) is 8.04. The fourth-order valence-corrected chi connectivity index (χ4v) is 2.36. The third-order valence-corrected chi connectivity index (χ3v) is 3.17. The molecule has 0 saturated heterocycles. The van der Waals surface area contributed by atoms with Gasteiger partial charge in [-0.05, 0) is 12.8 Å². The van der Waals surface area contributed by atoms with Crippen molar-refractivity contribution in [2.75, 3.05) is 5.32 Å². The average Bonchev–Trinajstić information content (AvgIpc) is 2.88. The Labute approximate surface area is 86.5 Å². The lowest BCUT2D eigenvalue weighted by molar-refractivity contribution is -0.114. The van der Waals surface area contributed by atoms with Gasteiger partial charge in [0.25, 0.3) is 0 Å². The number of rotatable bonds is 3. The number of thiazole rings is 1. The fourth-order valence-electron chi connectivity index (χ4n) is 1.39. The second-order valence-electron chi connectivity index (χ2n) is 3.49. The Kier molecular flexibility index (Phi) is 2.52. The molecule has 2 rings (SSSR count). The van der Waals surface area contributed by atoms with Crippen LogP contribution in [0.1, 0.15) is 36.3 Å². The minimum atomic E-state index is -0.0790. The summed E-state index contributed by atoms with van der Waals surface area (Å²) in [6.07, 6.45) is 2.41. The Balaban J connectivity index is 2.21. The molecule has 76 valence electrons. The van der Waals surface area contributed by atoms with Crippen LogP contribution in [0.4, 0.5) is 5.13 Å². The maximum absolute atomic E-state index is 10.8. The molecule has 0 aromatic carbocycles. The van der Waals surface area contributed by atoms with E-state index < -0.39 is 0 Å². The van der Waals surface area contributed by atoms with Crippen LogP contribution >= 0.6 is 11.3 Å². The van der Waals surface area contributed by atoms with Gasteiger partial charge in [-0.2, -0.15) is 0 Å². The Bertz CT molecular complexity index is 357. The molecule has 0 radical (unpaired) electrons. The highest BCUT2D eigenvalue weighted by atomic mass is 32.1. The smallest absolute Gasteiger partial charge is 0.223 e. The van der Waals surface area contributed by atoms with E-state index >= 15 is 0 Å². The van der Waals surface area contributed by atoms with Gasteiger partial charge in [0, 0.05) is 24.3 Å². The quantitative estimate of drug-likeness (QED) is 0.795. The van der Waals surface area contributed by atoms with Crippen molar-refractivity contribution < 1.29 is 4.79 Å². The largest absolute Gasteiger partial charge is 0.326 e. The molecule has 14 heavy (non-hydrogen) atoms. The highest BCUT2D eigenvalue weighted by Crippen LogP contribution is 2.43. The summed E-state index contributed by atoms with van der Waals surface area (Å²) in [5.74, 6) is 0.511. The number of aromatic nitrogens is 1. The maximum atomic E-state index is 10.8. The van der Waals surface area contributed by atoms with Gasteiger partial charge in [0.05, 0.1) is 5.69 Å². The molecule has 1 heterocycles. The van der Waals surface area contributed by atoms with Gasteiger partial charge in [-0.25, -0.2) is 4.98 Å². The molecule has 3 N–H and O–H groups in total. The van der Waals surface area contributed by atoms with Crippen LogP contribution in [-0.2, 0) is 11.3 Å². The van der Waals surface area contributed by atoms with E-state index in [2.05, 4.69) is 10.3 Å². The third-order valence-electron chi connectivity index (χ3n) is 2.16. The molecule has 0 bridgehead atoms. The second-order valence-corrected chi connectivity index (χ2v) is 4.57. The van der Waals surface area contributed by atoms with E-state index in [-0.39, 0.29) is 5.91 Å². The molecule has 0 aliphatic heterocycles. The third kappa shape index (κ3) is 1.93. The molecule has 0 unspecified atom stereocenters. The molecule has 1 saturated carbocycles. The van der Waals surface area contributed by atoms with Gasteiger partial charge in [-0.1, -0.05) is 0 Å². The van der Waals surface area contributed by atoms with Crippen LogP contribution in [-0.4, -0.2) is 10.9 Å². The summed E-state index contributed by atoms with van der Waals surface area (Å²) in [6, 6.07) is 0. The molecule has 1 aliphatic rings. The molecular weight excluding hydrogens is 198 g/mol. The summed E-state index contributed by atoms with van der Waals surface area (Å²) in [6.45, 7) is 2.00. The number of nitrogens with one attached hydrogen (secondary N) is 1. The van der Waals surface area contributed by atoms with Gasteiger partial charge < -0.3 is 11.1 Å². The number of amides is 1. The molecule has 1 amide bonds. The van der Waals surface area contributed by atoms with E-state index in [1.165, 1.54) is 31.1 Å². The first-order valence-electron chi connectivity index (χ1n) is 4.68. The van der Waals surface area contributed by atoms with Gasteiger partial charge in [-0.15, -0.1) is 11.3 Å². The van der Waals surface area contributed by atoms with Crippen molar-refractivity contribution in [1.82, 2.24) is 4.98 Å². The number of carbonyl (C=O) groups is 1. The van der Waals surface area contributed by atoms with E-state index in [9.17, 15) is 4.79 Å². The molecule has 4 nitrogen and oxygen atoms in total. The van der Waals surface area contributed by atoms with Crippen molar-refractivity contribution in [3.8, 4) is 0 Å². The molecular formula is C9H13N3OS. The van der Waals surface area contributed by atoms with Crippen LogP contribution in [0.3, 0.4) is 0 Å². The molecule has 5 heteroatoms. The molecule has 0 spiro atoms. The van der Waals surface area contributed by atoms with Gasteiger partial charge in [0.15, 0.2) is 5.13 Å². The number of carbonyl (C=O) groups excluding carboxylic acids is 1. The SMILES string of the molecule is CC(=O)Nc1nc(C2CC2)c(CN)s1. The Hall–Kier alpha value is -0.940. The van der Waals surface area contributed by atoms with Crippen molar-refractivity contribution in [2.45, 2.75) is 32.2 Å². The maximum Gasteiger partial charge on any atom is 0.223 e. The molecule has 1 aromatic rings. The lowest BCUT2D eigenvalue weighted by atomic mass is 10.2. The van der Waals surface area contributed by atoms with E-state index in [0.29, 0.717) is 17.6 Å². The van der Waals surface area contributed by atoms with Gasteiger partial charge >= 0.3 is 0 Å². The lowest BCUT2D eigenvalue weighted by Gasteiger charge is -1.93. The average molecular weight is 211 g/mol. The van der Waals surface area contributed by atoms with Crippen LogP contribution in [0.2, 0.25) is 0 Å². The molecule has 0 atom stereocenters. The van der Waals surface area contributed by atoms with Crippen LogP contribution < -0.4 is 11.1 Å². The lowest BCUT2D eigenvalue weighted by Crippen LogP contribution is -2.05. The number of nitrogens with two attached hydrogens (primary N) is 1. The van der Waals surface area contributed by atoms with Gasteiger partial charge in [0.1, 0.15) is 0 Å². The van der Waals surface area contributed by atoms with E-state index in [1.807, 2.05) is 0 Å². The van der Waals surface area contributed by atoms with E-state index in [0.717, 1.165) is 10.6 Å². The molecule has 1 aromatic heterocycles. The highest BCUT2D eigenvalue weighted by Gasteiger charge is 2.29. The first kappa shape index (κ1) is 9.61. The fraction of sp³-hybridized carbons (Fsp3) is 0.556. The minimum absolute atomic E-state index is 0.0790. The summed E-state index contributed by atoms with van der Waals surface area (Å²) in [5, 5.41) is 3.38. The molecule has 1 fully saturated rings. The number of nitrogens with zero attached hydrogens (tertiary/aromatic N) is 1. The van der Waals surface area contributed by atoms with Gasteiger partial charge in [0.2, 0.25) is 5.91 Å². The first-order valence-corrected chi connectivity index (χ1v) is 5.49. The zero-order valence-corrected chi connectivity index (χ0v) is 8.86. The summed E-state index contributed by atoms with van der Waals surface area (Å²) < 4.78 is 0. The Morgan fingerprint density at radius 3 is 2.93 bits per heavy atom. The topological polar surface area (TPSA) is 68.0 Å². The van der Waals surface area contributed by atoms with Crippen LogP contribution in [0.25, 0.3) is 0 Å². The predicted molar refractivity (Wildman–Crippen MR) is 56.3 cm³/mol. The standard InChI is InChI=1S/C9H13N3OS/c1-5(13)11-9-12-8(6-2-3-6)7(4-10)14-9/h6H,2-4,10H2,1H3,(H,11,12,13). The van der Waals surface area contributed by atoms with Crippen molar-refractivity contribution in [1.29, 1.82) is 0 Å². The van der Waals surface area contributed by atoms with Crippen molar-refractivity contribution in [3.05, 3.63) is 10.6 Å². The predicted octanol–water partition coefficient (Wildman–Crippen LogP) is 1.44. The summed E-state index contributed by atoms with van der Waals surface area (Å²) in [7, 11) is 0. The number of hydrogen-bond donors (Lipinski definition) is 2. The number of anilines is 1. The van der Waals surface area contributed by atoms with Crippen LogP contribution in [0.5, 0.6) is 0 Å². The highest BCUT2D eigenvalue weighted by molar-refractivity contribution is 7.15. The second kappa shape index (κ2) is 3.67. The van der Waals surface area contributed by atoms with Crippen LogP contribution in [0, 0.1) is 0 Å². The van der Waals surface area contributed by atoms with E-state index in [1.54, 1.807) is 0 Å². The normalized spacial score (nSPS) is 15.6. The van der Waals surface area contributed by atoms with Crippen molar-refractivity contribution in [3.63, 3.8) is 0 Å². The Morgan fingerprint density at radius 2 is 2.43 bits per heavy atom. The summed E-state index contributed by atoms with van der Waals surface area (Å²) in [5.41, 5.74) is 6.72. The Morgan fingerprint density at radius 1 is 1.71 bits per heavy atom. The first-order chi connectivity index (χ1) is 6.70. The van der Waals surface area contributed by atoms with Crippen molar-refractivity contribution >= 4 is 22.4 Å². The summed E-state index contributed by atoms with van der Waals surface area (Å²) in [4.78, 5) is 16.3. The molecule has 1 aliphatic carbocycles. The minimum Gasteiger partial charge on any atom is -0.326 e. The van der Waals surface area contributed by atoms with E-state index in [4.69, 9.17) is 5.73 Å². The van der Waals surface area contributed by atoms with Crippen LogP contribution in [0.15, 0.2) is 0 Å².